The molecule has 1 aromatic heterocycles. The molecule has 1 saturated heterocycles. The van der Waals surface area contributed by atoms with E-state index in [0.717, 1.165) is 5.56 Å². The van der Waals surface area contributed by atoms with Crippen LogP contribution in [-0.2, 0) is 11.3 Å². The van der Waals surface area contributed by atoms with Gasteiger partial charge in [0.15, 0.2) is 0 Å². The lowest BCUT2D eigenvalue weighted by molar-refractivity contribution is -0.129. The average Bonchev–Trinajstić information content (AvgIpc) is 2.80. The van der Waals surface area contributed by atoms with Crippen molar-refractivity contribution in [3.63, 3.8) is 0 Å². The molecular formula is C10H11N3O2. The van der Waals surface area contributed by atoms with Crippen LogP contribution in [0.25, 0.3) is 0 Å². The third kappa shape index (κ3) is 1.72. The van der Waals surface area contributed by atoms with Gasteiger partial charge in [0.25, 0.3) is 0 Å². The van der Waals surface area contributed by atoms with Crippen LogP contribution in [0, 0.1) is 11.3 Å². The summed E-state index contributed by atoms with van der Waals surface area (Å²) in [4.78, 5) is 13.2. The zero-order valence-corrected chi connectivity index (χ0v) is 8.14. The predicted molar refractivity (Wildman–Crippen MR) is 51.4 cm³/mol. The van der Waals surface area contributed by atoms with Gasteiger partial charge in [-0.25, -0.2) is 0 Å². The molecule has 5 heteroatoms. The fourth-order valence-corrected chi connectivity index (χ4v) is 1.68. The number of nitriles is 1. The van der Waals surface area contributed by atoms with Gasteiger partial charge in [0.1, 0.15) is 6.07 Å². The summed E-state index contributed by atoms with van der Waals surface area (Å²) in [6.07, 6.45) is 2.13. The van der Waals surface area contributed by atoms with E-state index >= 15 is 0 Å². The Bertz CT molecular complexity index is 419. The molecule has 0 aliphatic carbocycles. The minimum absolute atomic E-state index is 0.0555. The second kappa shape index (κ2) is 3.75. The Hall–Kier alpha value is -1.80. The lowest BCUT2D eigenvalue weighted by Gasteiger charge is -2.14. The van der Waals surface area contributed by atoms with Gasteiger partial charge in [-0.15, -0.1) is 0 Å². The van der Waals surface area contributed by atoms with Gasteiger partial charge < -0.3 is 15.1 Å². The van der Waals surface area contributed by atoms with Crippen LogP contribution in [-0.4, -0.2) is 23.4 Å². The number of nitrogens with zero attached hydrogens (tertiary/aromatic N) is 2. The summed E-state index contributed by atoms with van der Waals surface area (Å²) in [6.45, 7) is 1.06. The Morgan fingerprint density at radius 2 is 2.53 bits per heavy atom. The molecule has 1 amide bonds. The first kappa shape index (κ1) is 9.74. The first-order valence-corrected chi connectivity index (χ1v) is 4.73. The number of hydrogen-bond donors (Lipinski definition) is 1. The summed E-state index contributed by atoms with van der Waals surface area (Å²) in [6, 6.07) is 3.26. The molecule has 1 aliphatic rings. The molecule has 0 spiro atoms. The van der Waals surface area contributed by atoms with Crippen LogP contribution < -0.4 is 5.73 Å². The summed E-state index contributed by atoms with van der Waals surface area (Å²) in [5.74, 6) is 0.211. The van der Waals surface area contributed by atoms with E-state index in [1.807, 2.05) is 6.07 Å². The van der Waals surface area contributed by atoms with Gasteiger partial charge in [-0.2, -0.15) is 5.26 Å². The lowest BCUT2D eigenvalue weighted by atomic mass is 10.2. The van der Waals surface area contributed by atoms with Crippen molar-refractivity contribution in [2.24, 2.45) is 5.73 Å². The van der Waals surface area contributed by atoms with Crippen molar-refractivity contribution in [2.45, 2.75) is 19.0 Å². The molecule has 0 aromatic carbocycles. The smallest absolute Gasteiger partial charge is 0.239 e. The van der Waals surface area contributed by atoms with Crippen molar-refractivity contribution in [1.29, 1.82) is 5.26 Å². The van der Waals surface area contributed by atoms with Crippen LogP contribution in [0.1, 0.15) is 17.7 Å². The van der Waals surface area contributed by atoms with Gasteiger partial charge in [0.05, 0.1) is 18.8 Å². The van der Waals surface area contributed by atoms with Crippen molar-refractivity contribution in [2.75, 3.05) is 6.54 Å². The van der Waals surface area contributed by atoms with E-state index in [1.54, 1.807) is 11.0 Å². The molecule has 78 valence electrons. The molecule has 5 nitrogen and oxygen atoms in total. The molecule has 2 N–H and O–H groups in total. The predicted octanol–water partition coefficient (Wildman–Crippen LogP) is 0.211. The number of likely N-dealkylation sites (tertiary alicyclic amines) is 1. The number of nitrogens with two attached hydrogens (primary N) is 1. The van der Waals surface area contributed by atoms with Crippen LogP contribution in [0.3, 0.4) is 0 Å². The fourth-order valence-electron chi connectivity index (χ4n) is 1.68. The quantitative estimate of drug-likeness (QED) is 0.748. The van der Waals surface area contributed by atoms with E-state index in [4.69, 9.17) is 15.4 Å². The van der Waals surface area contributed by atoms with Gasteiger partial charge in [0.2, 0.25) is 11.7 Å². The molecule has 0 bridgehead atoms. The minimum atomic E-state index is -0.387. The number of amides is 1. The van der Waals surface area contributed by atoms with E-state index < -0.39 is 0 Å². The Kier molecular flexibility index (Phi) is 2.44. The molecule has 1 atom stereocenters. The maximum absolute atomic E-state index is 11.5. The van der Waals surface area contributed by atoms with Crippen molar-refractivity contribution < 1.29 is 9.21 Å². The normalized spacial score (nSPS) is 20.7. The zero-order chi connectivity index (χ0) is 10.8. The second-order valence-corrected chi connectivity index (χ2v) is 3.54. The summed E-state index contributed by atoms with van der Waals surface area (Å²) in [7, 11) is 0. The van der Waals surface area contributed by atoms with E-state index in [2.05, 4.69) is 0 Å². The van der Waals surface area contributed by atoms with Crippen LogP contribution in [0.4, 0.5) is 0 Å². The van der Waals surface area contributed by atoms with Crippen molar-refractivity contribution in [3.05, 3.63) is 23.7 Å². The average molecular weight is 205 g/mol. The molecule has 1 aromatic rings. The van der Waals surface area contributed by atoms with E-state index in [0.29, 0.717) is 19.5 Å². The van der Waals surface area contributed by atoms with E-state index in [9.17, 15) is 4.79 Å². The standard InChI is InChI=1S/C10H11N3O2/c11-5-9-7(2-4-15-9)6-13-3-1-8(12)10(13)14/h2,4,8H,1,3,6,12H2. The lowest BCUT2D eigenvalue weighted by Crippen LogP contribution is -2.33. The zero-order valence-electron chi connectivity index (χ0n) is 8.14. The van der Waals surface area contributed by atoms with Gasteiger partial charge in [-0.05, 0) is 12.5 Å². The van der Waals surface area contributed by atoms with Crippen LogP contribution in [0.5, 0.6) is 0 Å². The summed E-state index contributed by atoms with van der Waals surface area (Å²) in [5, 5.41) is 8.73. The van der Waals surface area contributed by atoms with Gasteiger partial charge in [-0.3, -0.25) is 4.79 Å². The Balaban J connectivity index is 2.10. The van der Waals surface area contributed by atoms with Crippen molar-refractivity contribution in [3.8, 4) is 6.07 Å². The second-order valence-electron chi connectivity index (χ2n) is 3.54. The van der Waals surface area contributed by atoms with Crippen LogP contribution >= 0.6 is 0 Å². The first-order chi connectivity index (χ1) is 7.22. The molecule has 2 heterocycles. The highest BCUT2D eigenvalue weighted by Crippen LogP contribution is 2.16. The Morgan fingerprint density at radius 1 is 1.73 bits per heavy atom. The maximum Gasteiger partial charge on any atom is 0.239 e. The molecule has 2 rings (SSSR count). The number of carbonyl (C=O) groups is 1. The highest BCUT2D eigenvalue weighted by molar-refractivity contribution is 5.83. The SMILES string of the molecule is N#Cc1occc1CN1CCC(N)C1=O. The molecule has 15 heavy (non-hydrogen) atoms. The summed E-state index contributed by atoms with van der Waals surface area (Å²) < 4.78 is 4.96. The van der Waals surface area contributed by atoms with Gasteiger partial charge in [-0.1, -0.05) is 0 Å². The highest BCUT2D eigenvalue weighted by Gasteiger charge is 2.29. The number of hydrogen-bond acceptors (Lipinski definition) is 4. The van der Waals surface area contributed by atoms with Crippen LogP contribution in [0.2, 0.25) is 0 Å². The summed E-state index contributed by atoms with van der Waals surface area (Å²) in [5.41, 5.74) is 6.32. The third-order valence-corrected chi connectivity index (χ3v) is 2.55. The highest BCUT2D eigenvalue weighted by atomic mass is 16.3. The molecule has 1 aliphatic heterocycles. The van der Waals surface area contributed by atoms with Gasteiger partial charge >= 0.3 is 0 Å². The Morgan fingerprint density at radius 3 is 3.13 bits per heavy atom. The largest absolute Gasteiger partial charge is 0.453 e. The number of furan rings is 1. The van der Waals surface area contributed by atoms with Gasteiger partial charge in [0, 0.05) is 12.1 Å². The Labute approximate surface area is 87.1 Å². The summed E-state index contributed by atoms with van der Waals surface area (Å²) >= 11 is 0. The molecule has 1 unspecified atom stereocenters. The maximum atomic E-state index is 11.5. The monoisotopic (exact) mass is 205 g/mol. The van der Waals surface area contributed by atoms with Crippen molar-refractivity contribution in [1.82, 2.24) is 4.90 Å². The number of carbonyl (C=O) groups excluding carboxylic acids is 1. The van der Waals surface area contributed by atoms with E-state index in [-0.39, 0.29) is 17.7 Å². The molecular weight excluding hydrogens is 194 g/mol. The topological polar surface area (TPSA) is 83.3 Å². The van der Waals surface area contributed by atoms with Crippen LogP contribution in [0.15, 0.2) is 16.7 Å². The molecule has 0 saturated carbocycles. The fraction of sp³-hybridized carbons (Fsp3) is 0.400. The molecule has 1 fully saturated rings. The molecule has 0 radical (unpaired) electrons. The first-order valence-electron chi connectivity index (χ1n) is 4.73. The van der Waals surface area contributed by atoms with E-state index in [1.165, 1.54) is 6.26 Å². The van der Waals surface area contributed by atoms with Crippen molar-refractivity contribution >= 4 is 5.91 Å². The third-order valence-electron chi connectivity index (χ3n) is 2.55. The minimum Gasteiger partial charge on any atom is -0.453 e. The number of rotatable bonds is 2.